The fourth-order valence-corrected chi connectivity index (χ4v) is 3.66. The smallest absolute Gasteiger partial charge is 0.396 e. The topological polar surface area (TPSA) is 93.8 Å². The number of aromatic nitrogens is 3. The van der Waals surface area contributed by atoms with Gasteiger partial charge in [-0.05, 0) is 43.2 Å². The Hall–Kier alpha value is -3.49. The van der Waals surface area contributed by atoms with E-state index in [1.165, 1.54) is 12.1 Å². The standard InChI is InChI=1S/C22H20F3N5O/c23-22(24,25)18-8-7-13(12-28-18)17-10-16(21(31)29-15-5-1-2-6-15)19(26)20(30-17)14-4-3-9-27-11-14/h3-4,7-12,15H,1-2,5-6,26H2,(H,29,31). The summed E-state index contributed by atoms with van der Waals surface area (Å²) in [5.74, 6) is -0.335. The quantitative estimate of drug-likeness (QED) is 0.640. The summed E-state index contributed by atoms with van der Waals surface area (Å²) >= 11 is 0. The number of carbonyl (C=O) groups is 1. The molecule has 31 heavy (non-hydrogen) atoms. The predicted molar refractivity (Wildman–Crippen MR) is 110 cm³/mol. The minimum absolute atomic E-state index is 0.0816. The molecule has 0 aromatic carbocycles. The number of hydrogen-bond acceptors (Lipinski definition) is 5. The third-order valence-electron chi connectivity index (χ3n) is 5.28. The van der Waals surface area contributed by atoms with Crippen LogP contribution in [0.25, 0.3) is 22.5 Å². The zero-order chi connectivity index (χ0) is 22.0. The van der Waals surface area contributed by atoms with Gasteiger partial charge in [0.1, 0.15) is 5.69 Å². The number of alkyl halides is 3. The molecule has 6 nitrogen and oxygen atoms in total. The number of nitrogens with zero attached hydrogens (tertiary/aromatic N) is 3. The Morgan fingerprint density at radius 2 is 1.87 bits per heavy atom. The van der Waals surface area contributed by atoms with Gasteiger partial charge in [-0.2, -0.15) is 13.2 Å². The van der Waals surface area contributed by atoms with Gasteiger partial charge < -0.3 is 11.1 Å². The lowest BCUT2D eigenvalue weighted by molar-refractivity contribution is -0.141. The molecule has 1 fully saturated rings. The van der Waals surface area contributed by atoms with E-state index in [2.05, 4.69) is 20.3 Å². The van der Waals surface area contributed by atoms with Crippen LogP contribution in [0.3, 0.4) is 0 Å². The molecule has 3 N–H and O–H groups in total. The average molecular weight is 427 g/mol. The summed E-state index contributed by atoms with van der Waals surface area (Å²) in [5, 5.41) is 3.00. The zero-order valence-electron chi connectivity index (χ0n) is 16.5. The highest BCUT2D eigenvalue weighted by molar-refractivity contribution is 6.03. The first-order valence-electron chi connectivity index (χ1n) is 9.88. The highest BCUT2D eigenvalue weighted by Crippen LogP contribution is 2.33. The molecule has 3 aromatic heterocycles. The first-order valence-corrected chi connectivity index (χ1v) is 9.88. The molecular weight excluding hydrogens is 407 g/mol. The lowest BCUT2D eigenvalue weighted by Crippen LogP contribution is -2.33. The molecule has 3 heterocycles. The van der Waals surface area contributed by atoms with Crippen LogP contribution < -0.4 is 11.1 Å². The van der Waals surface area contributed by atoms with Crippen molar-refractivity contribution in [1.82, 2.24) is 20.3 Å². The number of halogens is 3. The molecule has 0 spiro atoms. The van der Waals surface area contributed by atoms with Crippen LogP contribution in [0.4, 0.5) is 18.9 Å². The van der Waals surface area contributed by atoms with Gasteiger partial charge in [-0.15, -0.1) is 0 Å². The number of rotatable bonds is 4. The van der Waals surface area contributed by atoms with Crippen LogP contribution in [-0.2, 0) is 6.18 Å². The van der Waals surface area contributed by atoms with Crippen LogP contribution in [0.5, 0.6) is 0 Å². The van der Waals surface area contributed by atoms with Gasteiger partial charge in [0.05, 0.1) is 22.6 Å². The Labute approximate surface area is 176 Å². The van der Waals surface area contributed by atoms with E-state index >= 15 is 0 Å². The largest absolute Gasteiger partial charge is 0.433 e. The molecule has 1 aliphatic rings. The number of hydrogen-bond donors (Lipinski definition) is 2. The van der Waals surface area contributed by atoms with Crippen molar-refractivity contribution in [2.24, 2.45) is 0 Å². The van der Waals surface area contributed by atoms with Crippen molar-refractivity contribution in [3.63, 3.8) is 0 Å². The number of nitrogen functional groups attached to an aromatic ring is 1. The van der Waals surface area contributed by atoms with Crippen molar-refractivity contribution in [3.8, 4) is 22.5 Å². The van der Waals surface area contributed by atoms with Crippen molar-refractivity contribution in [1.29, 1.82) is 0 Å². The van der Waals surface area contributed by atoms with Gasteiger partial charge >= 0.3 is 6.18 Å². The van der Waals surface area contributed by atoms with Crippen LogP contribution in [0.15, 0.2) is 48.9 Å². The summed E-state index contributed by atoms with van der Waals surface area (Å²) in [6, 6.07) is 7.19. The van der Waals surface area contributed by atoms with E-state index in [1.807, 2.05) is 0 Å². The van der Waals surface area contributed by atoms with Gasteiger partial charge in [-0.3, -0.25) is 14.8 Å². The summed E-state index contributed by atoms with van der Waals surface area (Å²) < 4.78 is 38.6. The van der Waals surface area contributed by atoms with Gasteiger partial charge in [-0.1, -0.05) is 12.8 Å². The van der Waals surface area contributed by atoms with Crippen LogP contribution in [-0.4, -0.2) is 26.9 Å². The number of carbonyl (C=O) groups excluding carboxylic acids is 1. The van der Waals surface area contributed by atoms with Crippen molar-refractivity contribution in [2.45, 2.75) is 37.9 Å². The van der Waals surface area contributed by atoms with Crippen molar-refractivity contribution < 1.29 is 18.0 Å². The number of pyridine rings is 3. The molecule has 1 aliphatic carbocycles. The van der Waals surface area contributed by atoms with Crippen LogP contribution in [0.1, 0.15) is 41.7 Å². The molecule has 0 unspecified atom stereocenters. The monoisotopic (exact) mass is 427 g/mol. The minimum atomic E-state index is -4.54. The summed E-state index contributed by atoms with van der Waals surface area (Å²) in [6.07, 6.45) is 3.63. The maximum Gasteiger partial charge on any atom is 0.433 e. The van der Waals surface area contributed by atoms with Gasteiger partial charge in [0, 0.05) is 35.8 Å². The first-order chi connectivity index (χ1) is 14.8. The zero-order valence-corrected chi connectivity index (χ0v) is 16.5. The van der Waals surface area contributed by atoms with Gasteiger partial charge in [0.25, 0.3) is 5.91 Å². The summed E-state index contributed by atoms with van der Waals surface area (Å²) in [4.78, 5) is 25.1. The van der Waals surface area contributed by atoms with Gasteiger partial charge in [-0.25, -0.2) is 4.98 Å². The molecular formula is C22H20F3N5O. The van der Waals surface area contributed by atoms with E-state index in [0.29, 0.717) is 22.5 Å². The SMILES string of the molecule is Nc1c(C(=O)NC2CCCC2)cc(-c2ccc(C(F)(F)F)nc2)nc1-c1cccnc1. The molecule has 9 heteroatoms. The van der Waals surface area contributed by atoms with Crippen LogP contribution in [0.2, 0.25) is 0 Å². The van der Waals surface area contributed by atoms with Crippen molar-refractivity contribution in [3.05, 3.63) is 60.2 Å². The molecule has 0 saturated heterocycles. The Morgan fingerprint density at radius 3 is 2.48 bits per heavy atom. The third kappa shape index (κ3) is 4.50. The molecule has 1 saturated carbocycles. The Bertz CT molecular complexity index is 1080. The lowest BCUT2D eigenvalue weighted by atomic mass is 10.0. The lowest BCUT2D eigenvalue weighted by Gasteiger charge is -2.16. The van der Waals surface area contributed by atoms with E-state index in [4.69, 9.17) is 5.73 Å². The Balaban J connectivity index is 1.78. The second kappa shape index (κ2) is 8.33. The Morgan fingerprint density at radius 1 is 1.10 bits per heavy atom. The van der Waals surface area contributed by atoms with E-state index < -0.39 is 11.9 Å². The molecule has 0 bridgehead atoms. The van der Waals surface area contributed by atoms with Crippen molar-refractivity contribution >= 4 is 11.6 Å². The van der Waals surface area contributed by atoms with E-state index in [9.17, 15) is 18.0 Å². The van der Waals surface area contributed by atoms with Crippen LogP contribution in [0, 0.1) is 0 Å². The minimum Gasteiger partial charge on any atom is -0.396 e. The van der Waals surface area contributed by atoms with Crippen LogP contribution >= 0.6 is 0 Å². The molecule has 0 aliphatic heterocycles. The molecule has 3 aromatic rings. The maximum atomic E-state index is 13.0. The highest BCUT2D eigenvalue weighted by Gasteiger charge is 2.32. The number of anilines is 1. The second-order valence-corrected chi connectivity index (χ2v) is 7.44. The summed E-state index contributed by atoms with van der Waals surface area (Å²) in [6.45, 7) is 0. The summed E-state index contributed by atoms with van der Waals surface area (Å²) in [7, 11) is 0. The fraction of sp³-hybridized carbons (Fsp3) is 0.273. The average Bonchev–Trinajstić information content (AvgIpc) is 3.27. The van der Waals surface area contributed by atoms with E-state index in [1.54, 1.807) is 24.5 Å². The van der Waals surface area contributed by atoms with Gasteiger partial charge in [0.15, 0.2) is 0 Å². The number of nitrogens with one attached hydrogen (secondary N) is 1. The molecule has 160 valence electrons. The van der Waals surface area contributed by atoms with E-state index in [0.717, 1.165) is 37.9 Å². The fourth-order valence-electron chi connectivity index (χ4n) is 3.66. The number of amides is 1. The molecule has 4 rings (SSSR count). The molecule has 0 atom stereocenters. The molecule has 0 radical (unpaired) electrons. The maximum absolute atomic E-state index is 13.0. The Kier molecular flexibility index (Phi) is 5.58. The predicted octanol–water partition coefficient (Wildman–Crippen LogP) is 4.48. The molecule has 1 amide bonds. The summed E-state index contributed by atoms with van der Waals surface area (Å²) in [5.41, 5.74) is 7.27. The van der Waals surface area contributed by atoms with Crippen molar-refractivity contribution in [2.75, 3.05) is 5.73 Å². The third-order valence-corrected chi connectivity index (χ3v) is 5.28. The number of nitrogens with two attached hydrogens (primary N) is 1. The normalized spacial score (nSPS) is 14.5. The highest BCUT2D eigenvalue weighted by atomic mass is 19.4. The second-order valence-electron chi connectivity index (χ2n) is 7.44. The van der Waals surface area contributed by atoms with E-state index in [-0.39, 0.29) is 23.2 Å². The first kappa shape index (κ1) is 20.8. The van der Waals surface area contributed by atoms with Gasteiger partial charge in [0.2, 0.25) is 0 Å².